The number of esters is 1. The highest BCUT2D eigenvalue weighted by Gasteiger charge is 2.24. The molecule has 3 rings (SSSR count). The number of carbonyl (C=O) groups excluding carboxylic acids is 1. The topological polar surface area (TPSA) is 47.9 Å². The maximum Gasteiger partial charge on any atom is 0.363 e. The van der Waals surface area contributed by atoms with E-state index < -0.39 is 5.97 Å². The van der Waals surface area contributed by atoms with Gasteiger partial charge in [-0.1, -0.05) is 42.4 Å². The molecular weight excluding hydrogens is 338 g/mol. The quantitative estimate of drug-likeness (QED) is 0.447. The largest absolute Gasteiger partial charge is 0.489 e. The van der Waals surface area contributed by atoms with E-state index >= 15 is 0 Å². The Balaban J connectivity index is 1.91. The van der Waals surface area contributed by atoms with Crippen molar-refractivity contribution in [3.05, 3.63) is 82.5 Å². The van der Waals surface area contributed by atoms with E-state index in [1.54, 1.807) is 30.3 Å². The van der Waals surface area contributed by atoms with Crippen LogP contribution in [0.2, 0.25) is 5.02 Å². The summed E-state index contributed by atoms with van der Waals surface area (Å²) in [5, 5.41) is 0.548. The molecule has 0 amide bonds. The minimum atomic E-state index is -0.510. The molecule has 0 aromatic heterocycles. The van der Waals surface area contributed by atoms with Crippen LogP contribution in [0.1, 0.15) is 18.1 Å². The number of cyclic esters (lactones) is 1. The van der Waals surface area contributed by atoms with Gasteiger partial charge in [-0.15, -0.1) is 0 Å². The molecule has 0 fully saturated rings. The van der Waals surface area contributed by atoms with Crippen molar-refractivity contribution in [3.63, 3.8) is 0 Å². The molecule has 0 atom stereocenters. The lowest BCUT2D eigenvalue weighted by molar-refractivity contribution is -0.129. The SMILES string of the molecule is C=C(C)COc1ccccc1C=C1N=C(c2cccc(Cl)c2)OC1=O. The van der Waals surface area contributed by atoms with E-state index in [0.29, 0.717) is 22.9 Å². The maximum absolute atomic E-state index is 12.1. The van der Waals surface area contributed by atoms with Gasteiger partial charge < -0.3 is 9.47 Å². The number of carbonyl (C=O) groups is 1. The number of rotatable bonds is 5. The van der Waals surface area contributed by atoms with Gasteiger partial charge in [0.2, 0.25) is 5.90 Å². The second-order valence-corrected chi connectivity index (χ2v) is 6.07. The lowest BCUT2D eigenvalue weighted by Crippen LogP contribution is -2.05. The molecule has 1 aliphatic rings. The first-order valence-electron chi connectivity index (χ1n) is 7.67. The van der Waals surface area contributed by atoms with Crippen LogP contribution in [0.5, 0.6) is 5.75 Å². The number of halogens is 1. The summed E-state index contributed by atoms with van der Waals surface area (Å²) in [5.41, 5.74) is 2.51. The first-order valence-corrected chi connectivity index (χ1v) is 8.05. The van der Waals surface area contributed by atoms with E-state index in [-0.39, 0.29) is 11.6 Å². The predicted molar refractivity (Wildman–Crippen MR) is 98.8 cm³/mol. The van der Waals surface area contributed by atoms with Gasteiger partial charge in [-0.2, -0.15) is 0 Å². The number of ether oxygens (including phenoxy) is 2. The Kier molecular flexibility index (Phi) is 5.00. The summed E-state index contributed by atoms with van der Waals surface area (Å²) in [6.45, 7) is 6.11. The normalized spacial score (nSPS) is 15.0. The van der Waals surface area contributed by atoms with Crippen molar-refractivity contribution in [3.8, 4) is 5.75 Å². The molecule has 0 saturated heterocycles. The fraction of sp³-hybridized carbons (Fsp3) is 0.100. The summed E-state index contributed by atoms with van der Waals surface area (Å²) in [6.07, 6.45) is 1.65. The number of benzene rings is 2. The van der Waals surface area contributed by atoms with Crippen molar-refractivity contribution >= 4 is 29.5 Å². The molecule has 0 radical (unpaired) electrons. The van der Waals surface area contributed by atoms with E-state index in [1.165, 1.54) is 0 Å². The van der Waals surface area contributed by atoms with Crippen LogP contribution in [0, 0.1) is 0 Å². The number of hydrogen-bond acceptors (Lipinski definition) is 4. The van der Waals surface area contributed by atoms with E-state index in [4.69, 9.17) is 21.1 Å². The number of nitrogens with zero attached hydrogens (tertiary/aromatic N) is 1. The Morgan fingerprint density at radius 1 is 1.28 bits per heavy atom. The van der Waals surface area contributed by atoms with Gasteiger partial charge >= 0.3 is 5.97 Å². The zero-order valence-electron chi connectivity index (χ0n) is 13.7. The van der Waals surface area contributed by atoms with Crippen molar-refractivity contribution in [1.82, 2.24) is 0 Å². The Hall–Kier alpha value is -2.85. The lowest BCUT2D eigenvalue weighted by Gasteiger charge is -2.08. The van der Waals surface area contributed by atoms with Crippen molar-refractivity contribution in [2.75, 3.05) is 6.61 Å². The van der Waals surface area contributed by atoms with Crippen LogP contribution in [0.15, 0.2) is 71.4 Å². The maximum atomic E-state index is 12.1. The van der Waals surface area contributed by atoms with E-state index in [1.807, 2.05) is 31.2 Å². The van der Waals surface area contributed by atoms with E-state index in [0.717, 1.165) is 11.1 Å². The third kappa shape index (κ3) is 4.17. The average Bonchev–Trinajstić information content (AvgIpc) is 2.95. The van der Waals surface area contributed by atoms with Gasteiger partial charge in [0.25, 0.3) is 0 Å². The first-order chi connectivity index (χ1) is 12.0. The van der Waals surface area contributed by atoms with Crippen molar-refractivity contribution in [2.24, 2.45) is 4.99 Å². The molecule has 0 spiro atoms. The van der Waals surface area contributed by atoms with E-state index in [2.05, 4.69) is 11.6 Å². The molecule has 0 saturated carbocycles. The standard InChI is InChI=1S/C20H16ClNO3/c1-13(2)12-24-18-9-4-3-6-14(18)11-17-20(23)25-19(22-17)15-7-5-8-16(21)10-15/h3-11H,1,12H2,2H3. The second kappa shape index (κ2) is 7.36. The zero-order chi connectivity index (χ0) is 17.8. The molecule has 0 unspecified atom stereocenters. The Labute approximate surface area is 151 Å². The highest BCUT2D eigenvalue weighted by atomic mass is 35.5. The molecule has 0 N–H and O–H groups in total. The molecular formula is C20H16ClNO3. The van der Waals surface area contributed by atoms with Crippen LogP contribution in [0.25, 0.3) is 6.08 Å². The van der Waals surface area contributed by atoms with Crippen LogP contribution in [-0.2, 0) is 9.53 Å². The summed E-state index contributed by atoms with van der Waals surface area (Å²) < 4.78 is 11.0. The molecule has 1 heterocycles. The lowest BCUT2D eigenvalue weighted by atomic mass is 10.1. The van der Waals surface area contributed by atoms with Gasteiger partial charge in [0.1, 0.15) is 12.4 Å². The molecule has 2 aromatic carbocycles. The summed E-state index contributed by atoms with van der Waals surface area (Å²) >= 11 is 5.97. The summed E-state index contributed by atoms with van der Waals surface area (Å²) in [7, 11) is 0. The molecule has 25 heavy (non-hydrogen) atoms. The Morgan fingerprint density at radius 2 is 2.08 bits per heavy atom. The first kappa shape index (κ1) is 17.0. The van der Waals surface area contributed by atoms with Crippen LogP contribution < -0.4 is 4.74 Å². The number of para-hydroxylation sites is 1. The molecule has 4 nitrogen and oxygen atoms in total. The Morgan fingerprint density at radius 3 is 2.84 bits per heavy atom. The fourth-order valence-electron chi connectivity index (χ4n) is 2.23. The molecule has 1 aliphatic heterocycles. The van der Waals surface area contributed by atoms with Gasteiger partial charge in [-0.3, -0.25) is 0 Å². The molecule has 5 heteroatoms. The van der Waals surface area contributed by atoms with Crippen molar-refractivity contribution in [2.45, 2.75) is 6.92 Å². The molecule has 126 valence electrons. The van der Waals surface area contributed by atoms with Gasteiger partial charge in [0.15, 0.2) is 5.70 Å². The smallest absolute Gasteiger partial charge is 0.363 e. The van der Waals surface area contributed by atoms with Crippen LogP contribution >= 0.6 is 11.6 Å². The summed E-state index contributed by atoms with van der Waals surface area (Å²) in [5.74, 6) is 0.376. The van der Waals surface area contributed by atoms with Crippen LogP contribution in [0.4, 0.5) is 0 Å². The minimum absolute atomic E-state index is 0.210. The summed E-state index contributed by atoms with van der Waals surface area (Å²) in [4.78, 5) is 16.4. The average molecular weight is 354 g/mol. The van der Waals surface area contributed by atoms with Gasteiger partial charge in [-0.05, 0) is 42.8 Å². The minimum Gasteiger partial charge on any atom is -0.489 e. The van der Waals surface area contributed by atoms with Gasteiger partial charge in [-0.25, -0.2) is 9.79 Å². The summed E-state index contributed by atoms with van der Waals surface area (Å²) in [6, 6.07) is 14.4. The third-order valence-corrected chi connectivity index (χ3v) is 3.61. The third-order valence-electron chi connectivity index (χ3n) is 3.38. The fourth-order valence-corrected chi connectivity index (χ4v) is 2.42. The Bertz CT molecular complexity index is 899. The van der Waals surface area contributed by atoms with Crippen molar-refractivity contribution < 1.29 is 14.3 Å². The van der Waals surface area contributed by atoms with Crippen LogP contribution in [-0.4, -0.2) is 18.5 Å². The molecule has 2 aromatic rings. The highest BCUT2D eigenvalue weighted by molar-refractivity contribution is 6.31. The van der Waals surface area contributed by atoms with Crippen LogP contribution in [0.3, 0.4) is 0 Å². The van der Waals surface area contributed by atoms with E-state index in [9.17, 15) is 4.79 Å². The van der Waals surface area contributed by atoms with Crippen molar-refractivity contribution in [1.29, 1.82) is 0 Å². The van der Waals surface area contributed by atoms with Gasteiger partial charge in [0.05, 0.1) is 0 Å². The number of hydrogen-bond donors (Lipinski definition) is 0. The predicted octanol–water partition coefficient (Wildman–Crippen LogP) is 4.64. The zero-order valence-corrected chi connectivity index (χ0v) is 14.4. The molecule has 0 aliphatic carbocycles. The highest BCUT2D eigenvalue weighted by Crippen LogP contribution is 2.25. The van der Waals surface area contributed by atoms with Gasteiger partial charge in [0, 0.05) is 16.1 Å². The molecule has 0 bridgehead atoms. The number of aliphatic imine (C=N–C) groups is 1. The second-order valence-electron chi connectivity index (χ2n) is 5.63. The monoisotopic (exact) mass is 353 g/mol.